The summed E-state index contributed by atoms with van der Waals surface area (Å²) >= 11 is 11.2. The Hall–Kier alpha value is -2.14. The van der Waals surface area contributed by atoms with Crippen molar-refractivity contribution in [2.24, 2.45) is 5.92 Å². The third-order valence-corrected chi connectivity index (χ3v) is 4.25. The van der Waals surface area contributed by atoms with Crippen LogP contribution in [0.25, 0.3) is 0 Å². The van der Waals surface area contributed by atoms with Crippen molar-refractivity contribution in [3.8, 4) is 5.75 Å². The van der Waals surface area contributed by atoms with Gasteiger partial charge in [-0.05, 0) is 20.8 Å². The largest absolute Gasteiger partial charge is 0.444 e. The first kappa shape index (κ1) is 26.9. The van der Waals surface area contributed by atoms with Gasteiger partial charge in [0.25, 0.3) is 0 Å². The first-order valence-electron chi connectivity index (χ1n) is 8.60. The van der Waals surface area contributed by atoms with Gasteiger partial charge in [-0.1, -0.05) is 0 Å². The Morgan fingerprint density at radius 1 is 0.903 bits per heavy atom. The van der Waals surface area contributed by atoms with Gasteiger partial charge in [-0.2, -0.15) is 8.78 Å². The van der Waals surface area contributed by atoms with E-state index in [1.807, 2.05) is 0 Å². The Bertz CT molecular complexity index is 834. The van der Waals surface area contributed by atoms with Crippen LogP contribution in [0.4, 0.5) is 26.7 Å². The van der Waals surface area contributed by atoms with Crippen molar-refractivity contribution in [3.05, 3.63) is 29.1 Å². The highest BCUT2D eigenvalue weighted by Gasteiger charge is 2.33. The molecule has 0 bridgehead atoms. The van der Waals surface area contributed by atoms with E-state index >= 15 is 0 Å². The molecule has 174 valence electrons. The molecule has 13 heteroatoms. The van der Waals surface area contributed by atoms with Gasteiger partial charge in [0.15, 0.2) is 5.78 Å². The number of amides is 1. The van der Waals surface area contributed by atoms with Crippen molar-refractivity contribution in [3.63, 3.8) is 0 Å². The minimum absolute atomic E-state index is 0.417. The highest BCUT2D eigenvalue weighted by molar-refractivity contribution is 6.21. The fraction of sp³-hybridized carbons (Fsp3) is 0.500. The summed E-state index contributed by atoms with van der Waals surface area (Å²) in [5, 5.41) is 2.18. The highest BCUT2D eigenvalue weighted by Crippen LogP contribution is 2.30. The van der Waals surface area contributed by atoms with Crippen LogP contribution in [0.1, 0.15) is 27.2 Å². The number of rotatable bonds is 8. The minimum Gasteiger partial charge on any atom is -0.444 e. The number of hydrogen-bond acceptors (Lipinski definition) is 5. The molecule has 1 aromatic carbocycles. The number of nitrogens with one attached hydrogen (secondary N) is 1. The van der Waals surface area contributed by atoms with Crippen molar-refractivity contribution < 1.29 is 45.8 Å². The molecule has 0 aliphatic heterocycles. The number of Topliss-reactive ketones (excluding diaryl/α,β-unsaturated/α-hetero) is 1. The number of ketones is 1. The lowest BCUT2D eigenvalue weighted by Gasteiger charge is -2.23. The van der Waals surface area contributed by atoms with Crippen molar-refractivity contribution in [2.45, 2.75) is 38.8 Å². The maximum atomic E-state index is 13.7. The number of benzene rings is 1. The smallest absolute Gasteiger partial charge is 0.408 e. The number of alkyl carbamates (subject to hydrolysis) is 1. The van der Waals surface area contributed by atoms with Gasteiger partial charge in [0.1, 0.15) is 11.6 Å². The number of hydrogen-bond donors (Lipinski definition) is 1. The quantitative estimate of drug-likeness (QED) is 0.146. The van der Waals surface area contributed by atoms with Crippen LogP contribution in [0, 0.1) is 35.0 Å². The molecule has 0 aliphatic carbocycles. The first-order chi connectivity index (χ1) is 14.2. The molecule has 0 saturated carbocycles. The summed E-state index contributed by atoms with van der Waals surface area (Å²) in [5.74, 6) is -18.5. The Morgan fingerprint density at radius 3 is 1.81 bits per heavy atom. The minimum atomic E-state index is -2.43. The number of alkyl halides is 2. The summed E-state index contributed by atoms with van der Waals surface area (Å²) < 4.78 is 76.2. The summed E-state index contributed by atoms with van der Waals surface area (Å²) in [5.41, 5.74) is -0.875. The van der Waals surface area contributed by atoms with Crippen LogP contribution in [-0.2, 0) is 14.3 Å². The molecule has 0 radical (unpaired) electrons. The monoisotopic (exact) mass is 493 g/mol. The van der Waals surface area contributed by atoms with Crippen molar-refractivity contribution in [2.75, 3.05) is 11.8 Å². The van der Waals surface area contributed by atoms with Gasteiger partial charge in [0.05, 0.1) is 5.92 Å². The van der Waals surface area contributed by atoms with Crippen molar-refractivity contribution >= 4 is 41.0 Å². The van der Waals surface area contributed by atoms with Crippen LogP contribution in [0.5, 0.6) is 5.75 Å². The molecular weight excluding hydrogens is 476 g/mol. The van der Waals surface area contributed by atoms with Crippen LogP contribution in [0.3, 0.4) is 0 Å². The average Bonchev–Trinajstić information content (AvgIpc) is 2.68. The second kappa shape index (κ2) is 10.9. The van der Waals surface area contributed by atoms with Crippen LogP contribution in [-0.4, -0.2) is 41.2 Å². The highest BCUT2D eigenvalue weighted by atomic mass is 35.5. The molecule has 0 unspecified atom stereocenters. The first-order valence-corrected chi connectivity index (χ1v) is 9.67. The van der Waals surface area contributed by atoms with E-state index < -0.39 is 88.4 Å². The predicted octanol–water partition coefficient (Wildman–Crippen LogP) is 4.23. The molecule has 6 nitrogen and oxygen atoms in total. The number of ether oxygens (including phenoxy) is 2. The van der Waals surface area contributed by atoms with E-state index in [-0.39, 0.29) is 0 Å². The average molecular weight is 494 g/mol. The second-order valence-corrected chi connectivity index (χ2v) is 7.81. The number of carbonyl (C=O) groups excluding carboxylic acids is 3. The van der Waals surface area contributed by atoms with E-state index in [1.54, 1.807) is 20.8 Å². The van der Waals surface area contributed by atoms with Crippen LogP contribution >= 0.6 is 23.2 Å². The van der Waals surface area contributed by atoms with E-state index in [9.17, 15) is 36.3 Å². The van der Waals surface area contributed by atoms with Gasteiger partial charge in [0.2, 0.25) is 34.8 Å². The lowest BCUT2D eigenvalue weighted by molar-refractivity contribution is -0.141. The molecule has 0 spiro atoms. The van der Waals surface area contributed by atoms with Crippen LogP contribution in [0.15, 0.2) is 0 Å². The molecule has 0 aromatic heterocycles. The lowest BCUT2D eigenvalue weighted by Crippen LogP contribution is -2.45. The summed E-state index contributed by atoms with van der Waals surface area (Å²) in [6, 6.07) is -1.32. The van der Waals surface area contributed by atoms with Gasteiger partial charge in [-0.3, -0.25) is 9.59 Å². The van der Waals surface area contributed by atoms with E-state index in [4.69, 9.17) is 27.9 Å². The third kappa shape index (κ3) is 7.20. The third-order valence-electron chi connectivity index (χ3n) is 3.57. The molecule has 31 heavy (non-hydrogen) atoms. The summed E-state index contributed by atoms with van der Waals surface area (Å²) in [6.07, 6.45) is -1.69. The zero-order valence-electron chi connectivity index (χ0n) is 16.5. The topological polar surface area (TPSA) is 81.7 Å². The fourth-order valence-corrected chi connectivity index (χ4v) is 2.58. The maximum absolute atomic E-state index is 13.7. The predicted molar refractivity (Wildman–Crippen MR) is 99.6 cm³/mol. The Balaban J connectivity index is 2.94. The molecule has 2 atom stereocenters. The van der Waals surface area contributed by atoms with Gasteiger partial charge >= 0.3 is 12.1 Å². The van der Waals surface area contributed by atoms with Gasteiger partial charge in [-0.25, -0.2) is 18.0 Å². The summed E-state index contributed by atoms with van der Waals surface area (Å²) in [6.45, 7) is 4.72. The molecule has 0 fully saturated rings. The molecule has 0 aliphatic rings. The Kier molecular flexibility index (Phi) is 9.49. The molecule has 1 aromatic rings. The molecule has 0 heterocycles. The summed E-state index contributed by atoms with van der Waals surface area (Å²) in [4.78, 5) is 36.3. The van der Waals surface area contributed by atoms with Gasteiger partial charge in [-0.15, -0.1) is 23.2 Å². The van der Waals surface area contributed by atoms with E-state index in [1.165, 1.54) is 0 Å². The standard InChI is InChI=1S/C18H18Cl2F5NO5/c1-18(2,3)31-17(29)26-8(6-20)9(27)4-7(5-19)16(28)30-15-13(24)11(22)10(21)12(23)14(15)25/h7-8H,4-6H2,1-3H3,(H,26,29)/t7-,8-/m0/s1. The molecule has 1 rings (SSSR count). The Labute approximate surface area is 184 Å². The maximum Gasteiger partial charge on any atom is 0.408 e. The second-order valence-electron chi connectivity index (χ2n) is 7.19. The normalized spacial score (nSPS) is 13.4. The van der Waals surface area contributed by atoms with E-state index in [2.05, 4.69) is 10.1 Å². The number of halogens is 7. The fourth-order valence-electron chi connectivity index (χ4n) is 2.10. The molecule has 0 saturated heterocycles. The zero-order chi connectivity index (χ0) is 24.1. The molecular formula is C18H18Cl2F5NO5. The number of esters is 1. The van der Waals surface area contributed by atoms with Crippen LogP contribution in [0.2, 0.25) is 0 Å². The van der Waals surface area contributed by atoms with Crippen LogP contribution < -0.4 is 10.1 Å². The van der Waals surface area contributed by atoms with Crippen molar-refractivity contribution in [1.82, 2.24) is 5.32 Å². The number of carbonyl (C=O) groups is 3. The van der Waals surface area contributed by atoms with E-state index in [0.717, 1.165) is 0 Å². The zero-order valence-corrected chi connectivity index (χ0v) is 18.0. The van der Waals surface area contributed by atoms with Crippen molar-refractivity contribution in [1.29, 1.82) is 0 Å². The van der Waals surface area contributed by atoms with E-state index in [0.29, 0.717) is 0 Å². The lowest BCUT2D eigenvalue weighted by atomic mass is 10.0. The molecule has 1 amide bonds. The van der Waals surface area contributed by atoms with Gasteiger partial charge < -0.3 is 14.8 Å². The SMILES string of the molecule is CC(C)(C)OC(=O)N[C@@H](CCl)C(=O)C[C@@H](CCl)C(=O)Oc1c(F)c(F)c(F)c(F)c1F. The Morgan fingerprint density at radius 2 is 1.39 bits per heavy atom. The van der Waals surface area contributed by atoms with Gasteiger partial charge in [0, 0.05) is 18.2 Å². The molecule has 1 N–H and O–H groups in total. The summed E-state index contributed by atoms with van der Waals surface area (Å²) in [7, 11) is 0.